The van der Waals surface area contributed by atoms with Crippen molar-refractivity contribution in [2.75, 3.05) is 7.11 Å². The van der Waals surface area contributed by atoms with Gasteiger partial charge in [-0.15, -0.1) is 0 Å². The average Bonchev–Trinajstić information content (AvgIpc) is 2.37. The summed E-state index contributed by atoms with van der Waals surface area (Å²) >= 11 is 3.58. The van der Waals surface area contributed by atoms with Crippen molar-refractivity contribution in [1.82, 2.24) is 9.97 Å². The highest BCUT2D eigenvalue weighted by atomic mass is 79.9. The summed E-state index contributed by atoms with van der Waals surface area (Å²) in [5, 5.41) is 0. The van der Waals surface area contributed by atoms with Gasteiger partial charge in [-0.1, -0.05) is 20.8 Å². The van der Waals surface area contributed by atoms with Crippen LogP contribution in [0.15, 0.2) is 35.3 Å². The van der Waals surface area contributed by atoms with Crippen molar-refractivity contribution >= 4 is 15.9 Å². The molecule has 100 valence electrons. The van der Waals surface area contributed by atoms with Gasteiger partial charge in [-0.25, -0.2) is 9.97 Å². The van der Waals surface area contributed by atoms with E-state index in [1.165, 1.54) is 6.33 Å². The molecule has 0 atom stereocenters. The van der Waals surface area contributed by atoms with Crippen LogP contribution in [0.3, 0.4) is 0 Å². The lowest BCUT2D eigenvalue weighted by molar-refractivity contribution is 0.395. The number of aromatic nitrogens is 2. The van der Waals surface area contributed by atoms with Crippen LogP contribution in [0.4, 0.5) is 0 Å². The van der Waals surface area contributed by atoms with E-state index in [2.05, 4.69) is 52.7 Å². The van der Waals surface area contributed by atoms with Crippen molar-refractivity contribution in [1.29, 1.82) is 0 Å². The van der Waals surface area contributed by atoms with Gasteiger partial charge >= 0.3 is 0 Å². The Bertz CT molecular complexity index is 577. The normalized spacial score (nSPS) is 11.4. The highest BCUT2D eigenvalue weighted by Crippen LogP contribution is 2.40. The molecule has 0 bridgehead atoms. The molecule has 0 aliphatic carbocycles. The standard InChI is InChI=1S/C15H17BrN2O/c1-15(2,3)12-5-10(6-13(16)14(12)19-4)11-7-17-9-18-8-11/h5-9H,1-4H3. The molecule has 0 saturated heterocycles. The fourth-order valence-corrected chi connectivity index (χ4v) is 2.59. The van der Waals surface area contributed by atoms with Crippen molar-refractivity contribution in [3.8, 4) is 16.9 Å². The van der Waals surface area contributed by atoms with Crippen LogP contribution >= 0.6 is 15.9 Å². The quantitative estimate of drug-likeness (QED) is 0.831. The first-order valence-corrected chi connectivity index (χ1v) is 6.86. The third-order valence-electron chi connectivity index (χ3n) is 2.95. The van der Waals surface area contributed by atoms with Crippen LogP contribution in [0.25, 0.3) is 11.1 Å². The van der Waals surface area contributed by atoms with Crippen molar-refractivity contribution < 1.29 is 4.74 Å². The van der Waals surface area contributed by atoms with Crippen LogP contribution in [-0.2, 0) is 5.41 Å². The largest absolute Gasteiger partial charge is 0.495 e. The zero-order chi connectivity index (χ0) is 14.0. The molecule has 1 aromatic carbocycles. The first-order valence-electron chi connectivity index (χ1n) is 6.07. The molecule has 3 nitrogen and oxygen atoms in total. The van der Waals surface area contributed by atoms with Gasteiger partial charge in [0.2, 0.25) is 0 Å². The van der Waals surface area contributed by atoms with Crippen LogP contribution in [0, 0.1) is 0 Å². The Morgan fingerprint density at radius 1 is 1.05 bits per heavy atom. The topological polar surface area (TPSA) is 35.0 Å². The van der Waals surface area contributed by atoms with E-state index < -0.39 is 0 Å². The number of hydrogen-bond acceptors (Lipinski definition) is 3. The molecule has 0 fully saturated rings. The van der Waals surface area contributed by atoms with Crippen LogP contribution in [0.2, 0.25) is 0 Å². The predicted octanol–water partition coefficient (Wildman–Crippen LogP) is 4.21. The molecule has 0 N–H and O–H groups in total. The van der Waals surface area contributed by atoms with Crippen molar-refractivity contribution in [2.24, 2.45) is 0 Å². The van der Waals surface area contributed by atoms with Gasteiger partial charge in [0.1, 0.15) is 12.1 Å². The molecule has 0 spiro atoms. The van der Waals surface area contributed by atoms with E-state index in [0.717, 1.165) is 26.9 Å². The fraction of sp³-hybridized carbons (Fsp3) is 0.333. The van der Waals surface area contributed by atoms with E-state index in [1.807, 2.05) is 18.5 Å². The predicted molar refractivity (Wildman–Crippen MR) is 80.4 cm³/mol. The second-order valence-electron chi connectivity index (χ2n) is 5.42. The highest BCUT2D eigenvalue weighted by molar-refractivity contribution is 9.10. The van der Waals surface area contributed by atoms with Crippen LogP contribution < -0.4 is 4.74 Å². The van der Waals surface area contributed by atoms with Crippen molar-refractivity contribution in [3.63, 3.8) is 0 Å². The molecular weight excluding hydrogens is 304 g/mol. The molecule has 0 saturated carbocycles. The SMILES string of the molecule is COc1c(Br)cc(-c2cncnc2)cc1C(C)(C)C. The average molecular weight is 321 g/mol. The lowest BCUT2D eigenvalue weighted by Gasteiger charge is -2.24. The Kier molecular flexibility index (Phi) is 3.90. The zero-order valence-electron chi connectivity index (χ0n) is 11.6. The fourth-order valence-electron chi connectivity index (χ4n) is 1.97. The van der Waals surface area contributed by atoms with E-state index in [4.69, 9.17) is 4.74 Å². The van der Waals surface area contributed by atoms with Gasteiger partial charge in [0, 0.05) is 23.5 Å². The molecule has 0 amide bonds. The number of benzene rings is 1. The van der Waals surface area contributed by atoms with E-state index in [9.17, 15) is 0 Å². The smallest absolute Gasteiger partial charge is 0.136 e. The monoisotopic (exact) mass is 320 g/mol. The van der Waals surface area contributed by atoms with Gasteiger partial charge in [-0.3, -0.25) is 0 Å². The molecule has 1 aromatic heterocycles. The Labute approximate surface area is 122 Å². The summed E-state index contributed by atoms with van der Waals surface area (Å²) in [5.41, 5.74) is 3.23. The van der Waals surface area contributed by atoms with Gasteiger partial charge in [0.15, 0.2) is 0 Å². The maximum atomic E-state index is 5.52. The Balaban J connectivity index is 2.64. The molecule has 0 unspecified atom stereocenters. The second-order valence-corrected chi connectivity index (χ2v) is 6.27. The summed E-state index contributed by atoms with van der Waals surface area (Å²) in [4.78, 5) is 8.13. The molecule has 4 heteroatoms. The Morgan fingerprint density at radius 2 is 1.68 bits per heavy atom. The van der Waals surface area contributed by atoms with Crippen LogP contribution in [0.5, 0.6) is 5.75 Å². The molecule has 0 aliphatic rings. The summed E-state index contributed by atoms with van der Waals surface area (Å²) in [6, 6.07) is 4.18. The minimum absolute atomic E-state index is 0.000485. The zero-order valence-corrected chi connectivity index (χ0v) is 13.2. The molecule has 19 heavy (non-hydrogen) atoms. The van der Waals surface area contributed by atoms with Crippen LogP contribution in [0.1, 0.15) is 26.3 Å². The van der Waals surface area contributed by atoms with Gasteiger partial charge < -0.3 is 4.74 Å². The van der Waals surface area contributed by atoms with Crippen molar-refractivity contribution in [2.45, 2.75) is 26.2 Å². The third-order valence-corrected chi connectivity index (χ3v) is 3.54. The molecule has 2 aromatic rings. The second kappa shape index (κ2) is 5.29. The summed E-state index contributed by atoms with van der Waals surface area (Å²) in [7, 11) is 1.70. The lowest BCUT2D eigenvalue weighted by Crippen LogP contribution is -2.13. The van der Waals surface area contributed by atoms with Gasteiger partial charge in [0.05, 0.1) is 11.6 Å². The van der Waals surface area contributed by atoms with E-state index >= 15 is 0 Å². The van der Waals surface area contributed by atoms with E-state index in [1.54, 1.807) is 7.11 Å². The van der Waals surface area contributed by atoms with Crippen LogP contribution in [-0.4, -0.2) is 17.1 Å². The summed E-state index contributed by atoms with van der Waals surface area (Å²) in [6.07, 6.45) is 5.16. The van der Waals surface area contributed by atoms with Gasteiger partial charge in [-0.2, -0.15) is 0 Å². The minimum Gasteiger partial charge on any atom is -0.495 e. The number of rotatable bonds is 2. The number of hydrogen-bond donors (Lipinski definition) is 0. The summed E-state index contributed by atoms with van der Waals surface area (Å²) in [6.45, 7) is 6.51. The Morgan fingerprint density at radius 3 is 2.21 bits per heavy atom. The third kappa shape index (κ3) is 2.95. The summed E-state index contributed by atoms with van der Waals surface area (Å²) < 4.78 is 6.46. The first-order chi connectivity index (χ1) is 8.93. The first kappa shape index (κ1) is 14.0. The number of methoxy groups -OCH3 is 1. The molecule has 1 heterocycles. The maximum Gasteiger partial charge on any atom is 0.136 e. The van der Waals surface area contributed by atoms with Gasteiger partial charge in [-0.05, 0) is 39.0 Å². The maximum absolute atomic E-state index is 5.52. The molecule has 2 rings (SSSR count). The van der Waals surface area contributed by atoms with E-state index in [-0.39, 0.29) is 5.41 Å². The molecule has 0 radical (unpaired) electrons. The lowest BCUT2D eigenvalue weighted by atomic mass is 9.85. The molecular formula is C15H17BrN2O. The number of halogens is 1. The molecule has 0 aliphatic heterocycles. The number of nitrogens with zero attached hydrogens (tertiary/aromatic N) is 2. The Hall–Kier alpha value is -1.42. The summed E-state index contributed by atoms with van der Waals surface area (Å²) in [5.74, 6) is 0.882. The minimum atomic E-state index is -0.000485. The highest BCUT2D eigenvalue weighted by Gasteiger charge is 2.22. The van der Waals surface area contributed by atoms with Crippen molar-refractivity contribution in [3.05, 3.63) is 40.9 Å². The number of ether oxygens (including phenoxy) is 1. The van der Waals surface area contributed by atoms with Gasteiger partial charge in [0.25, 0.3) is 0 Å². The van der Waals surface area contributed by atoms with E-state index in [0.29, 0.717) is 0 Å².